The number of hydrogen-bond acceptors (Lipinski definition) is 10. The monoisotopic (exact) mass is 2010 g/mol. The van der Waals surface area contributed by atoms with Gasteiger partial charge in [-0.3, -0.25) is 0 Å². The topological polar surface area (TPSA) is 114 Å². The number of hydrogen-bond donors (Lipinski definition) is 2. The standard InChI is InChI=1S/C37H54O4.C22H33O2.C15H23BO4.CH4.5HI.2V.Y/c1-22-20-38-36(40-28(22)7)18-31-11-9-30(10-12-31)17-32-13-15-34(26(5)24(32)3)35-16-14-33(25(4)27(35)6)19-37-39-21-23(2)29(8)41-37;1-15-6-5-7-21(17(15)3)12-19-8-10-20(11-9-19)13-22-23-14-16(2)18(4)24-22;1-9-8-19-15(20-12(9)4)7-13-5-6-14(16(17)18)11(3)10(13)2;;;;;;;;;/h13-16,22-23,28-31,36-37H,9-12,17-21H2,1-8H3;5,7,16,18-20,22H,8-14H2,1-4H3;5-6,9,12,15,17-18H,7-8H2,1-4H3;1H4;5*1H;;;/q;-1;;;;;;;;+2;+3;/p-5. The zero-order valence-corrected chi connectivity index (χ0v) is 75.1. The van der Waals surface area contributed by atoms with Crippen molar-refractivity contribution in [2.75, 3.05) is 26.4 Å². The second-order valence-electron chi connectivity index (χ2n) is 27.9. The first-order chi connectivity index (χ1) is 43.7. The van der Waals surface area contributed by atoms with Gasteiger partial charge in [0.05, 0.1) is 50.8 Å². The molecule has 12 atom stereocenters. The number of halogens is 5. The van der Waals surface area contributed by atoms with Crippen LogP contribution < -0.4 is 5.46 Å². The number of ether oxygens (including phenoxy) is 8. The molecule has 94 heavy (non-hydrogen) atoms. The van der Waals surface area contributed by atoms with Crippen molar-refractivity contribution in [2.24, 2.45) is 47.3 Å². The molecule has 0 spiro atoms. The van der Waals surface area contributed by atoms with E-state index in [-0.39, 0.29) is 82.4 Å². The first kappa shape index (κ1) is 88.9. The van der Waals surface area contributed by atoms with Crippen molar-refractivity contribution in [1.82, 2.24) is 0 Å². The summed E-state index contributed by atoms with van der Waals surface area (Å²) in [7, 11) is -0.798. The van der Waals surface area contributed by atoms with Crippen LogP contribution in [0.1, 0.15) is 194 Å². The molecule has 10 rings (SSSR count). The zero-order valence-electron chi connectivity index (χ0n) is 58.7. The molecule has 6 fully saturated rings. The van der Waals surface area contributed by atoms with E-state index in [0.29, 0.717) is 57.2 Å². The number of rotatable bonds is 14. The van der Waals surface area contributed by atoms with Gasteiger partial charge in [-0.1, -0.05) is 85.4 Å². The third-order valence-electron chi connectivity index (χ3n) is 21.6. The summed E-state index contributed by atoms with van der Waals surface area (Å²) < 4.78 is 47.7. The molecular formula is C75H114BI5O10V2Y-. The summed E-state index contributed by atoms with van der Waals surface area (Å²) in [6, 6.07) is 20.7. The van der Waals surface area contributed by atoms with Crippen LogP contribution in [0.25, 0.3) is 11.1 Å². The summed E-state index contributed by atoms with van der Waals surface area (Å²) in [6.07, 6.45) is 17.4. The Morgan fingerprint density at radius 2 is 0.734 bits per heavy atom. The summed E-state index contributed by atoms with van der Waals surface area (Å²) >= 11 is 12.1. The molecule has 4 heterocycles. The van der Waals surface area contributed by atoms with E-state index in [4.69, 9.17) is 37.9 Å². The summed E-state index contributed by atoms with van der Waals surface area (Å²) in [5, 5.41) is 18.6. The van der Waals surface area contributed by atoms with Crippen molar-refractivity contribution < 1.29 is 95.0 Å². The summed E-state index contributed by atoms with van der Waals surface area (Å²) in [4.78, 5) is -0.278. The predicted octanol–water partition coefficient (Wildman–Crippen LogP) is 19.9. The second kappa shape index (κ2) is 45.1. The molecule has 0 amide bonds. The quantitative estimate of drug-likeness (QED) is 0.0719. The second-order valence-corrected chi connectivity index (χ2v) is 75.0. The Labute approximate surface area is 662 Å². The third kappa shape index (κ3) is 28.1. The van der Waals surface area contributed by atoms with Gasteiger partial charge in [-0.15, -0.1) is 0 Å². The predicted molar refractivity (Wildman–Crippen MR) is 421 cm³/mol. The van der Waals surface area contributed by atoms with Crippen molar-refractivity contribution in [3.8, 4) is 11.1 Å². The van der Waals surface area contributed by atoms with Crippen molar-refractivity contribution in [3.05, 3.63) is 121 Å². The van der Waals surface area contributed by atoms with Gasteiger partial charge in [0, 0.05) is 82.1 Å². The van der Waals surface area contributed by atoms with Crippen LogP contribution >= 0.6 is 99.9 Å². The van der Waals surface area contributed by atoms with E-state index in [1.807, 2.05) is 19.9 Å². The largest absolute Gasteiger partial charge is 0 e. The van der Waals surface area contributed by atoms with Crippen LogP contribution in [0.3, 0.4) is 0 Å². The van der Waals surface area contributed by atoms with Gasteiger partial charge in [0.2, 0.25) is 0 Å². The molecule has 1 radical (unpaired) electrons. The minimum atomic E-state index is -1.43. The van der Waals surface area contributed by atoms with Crippen LogP contribution in [-0.2, 0) is 111 Å². The molecule has 0 aromatic heterocycles. The molecule has 2 saturated carbocycles. The maximum Gasteiger partial charge on any atom is 0 e. The van der Waals surface area contributed by atoms with Crippen LogP contribution in [0, 0.1) is 109 Å². The van der Waals surface area contributed by atoms with E-state index in [1.54, 1.807) is 6.07 Å². The maximum atomic E-state index is 9.31. The maximum absolute atomic E-state index is 9.31. The molecular weight excluding hydrogens is 1900 g/mol. The van der Waals surface area contributed by atoms with Gasteiger partial charge >= 0.3 is 121 Å². The Bertz CT molecular complexity index is 2860. The van der Waals surface area contributed by atoms with Crippen LogP contribution in [0.4, 0.5) is 0 Å². The average Bonchev–Trinajstić information content (AvgIpc) is 0.811. The molecule has 2 aliphatic carbocycles. The molecule has 0 bridgehead atoms. The van der Waals surface area contributed by atoms with Gasteiger partial charge < -0.3 is 47.9 Å². The fourth-order valence-corrected chi connectivity index (χ4v) is 13.7. The van der Waals surface area contributed by atoms with E-state index < -0.39 is 7.12 Å². The first-order valence-corrected chi connectivity index (χ1v) is 56.6. The van der Waals surface area contributed by atoms with E-state index in [9.17, 15) is 10.0 Å². The summed E-state index contributed by atoms with van der Waals surface area (Å²) in [5.41, 5.74) is 19.1. The van der Waals surface area contributed by atoms with E-state index in [2.05, 4.69) is 239 Å². The van der Waals surface area contributed by atoms with Gasteiger partial charge in [-0.25, -0.2) is 0 Å². The minimum Gasteiger partial charge on any atom is 0 e. The summed E-state index contributed by atoms with van der Waals surface area (Å²) in [5.74, 6) is 5.02. The van der Waals surface area contributed by atoms with Gasteiger partial charge in [-0.2, -0.15) is 34.9 Å². The zero-order chi connectivity index (χ0) is 67.5. The molecule has 4 saturated heterocycles. The van der Waals surface area contributed by atoms with Gasteiger partial charge in [0.1, 0.15) is 0 Å². The Hall–Kier alpha value is 2.47. The molecule has 6 aliphatic rings. The third-order valence-corrected chi connectivity index (χ3v) is 21.6. The van der Waals surface area contributed by atoms with Gasteiger partial charge in [-0.05, 0) is 224 Å². The fraction of sp³-hybridized carbons (Fsp3) is 0.680. The van der Waals surface area contributed by atoms with E-state index >= 15 is 0 Å². The molecule has 526 valence electrons. The minimum absolute atomic E-state index is 0. The normalized spacial score (nSPS) is 29.2. The first-order valence-electron chi connectivity index (χ1n) is 34.1. The number of benzene rings is 4. The van der Waals surface area contributed by atoms with E-state index in [0.717, 1.165) is 86.1 Å². The van der Waals surface area contributed by atoms with Crippen molar-refractivity contribution in [1.29, 1.82) is 0 Å². The SMILES string of the molecule is C.Cc1[c-]ccc(CC2CCC(CC3OCC(C)C(C)O3)CC2)c1C.Cc1c(CC2CCC(CC3OCC(C)C(C)O3)CC2)ccc(-c2ccc(CC3OCC(C)C(C)O3)c(C)c2C)c1C.Cc1c(CC2OCC(C)C(C)O2)ccc(B(O)O)c1C.[I][V]([I])[I].[I][V][I].[Y]. The summed E-state index contributed by atoms with van der Waals surface area (Å²) in [6.45, 7) is 38.0. The van der Waals surface area contributed by atoms with Crippen LogP contribution in [0.2, 0.25) is 0 Å². The van der Waals surface area contributed by atoms with Crippen LogP contribution in [0.5, 0.6) is 0 Å². The smallest absolute Gasteiger partial charge is 0 e. The average molecular weight is 2010 g/mol. The van der Waals surface area contributed by atoms with Gasteiger partial charge in [0.25, 0.3) is 0 Å². The molecule has 4 aromatic carbocycles. The molecule has 4 aromatic rings. The molecule has 2 N–H and O–H groups in total. The van der Waals surface area contributed by atoms with Crippen LogP contribution in [-0.4, -0.2) is 93.2 Å². The van der Waals surface area contributed by atoms with Gasteiger partial charge in [0.15, 0.2) is 25.2 Å². The number of aryl methyl sites for hydroxylation is 1. The van der Waals surface area contributed by atoms with Crippen LogP contribution in [0.15, 0.2) is 48.5 Å². The Balaban J connectivity index is 0.000000303. The molecule has 19 heteroatoms. The fourth-order valence-electron chi connectivity index (χ4n) is 13.7. The Kier molecular flexibility index (Phi) is 42.6. The van der Waals surface area contributed by atoms with E-state index in [1.165, 1.54) is 125 Å². The van der Waals surface area contributed by atoms with Crippen molar-refractivity contribution >= 4 is 112 Å². The Morgan fingerprint density at radius 3 is 1.09 bits per heavy atom. The molecule has 4 aliphatic heterocycles. The van der Waals surface area contributed by atoms with Crippen molar-refractivity contribution in [3.63, 3.8) is 0 Å². The van der Waals surface area contributed by atoms with Crippen molar-refractivity contribution in [2.45, 2.75) is 258 Å². The molecule has 12 unspecified atom stereocenters. The molecule has 10 nitrogen and oxygen atoms in total. The Morgan fingerprint density at radius 1 is 0.436 bits per heavy atom.